The number of hydrogen-bond donors (Lipinski definition) is 2. The first-order chi connectivity index (χ1) is 12.8. The molecule has 6 nitrogen and oxygen atoms in total. The van der Waals surface area contributed by atoms with Crippen LogP contribution in [0.3, 0.4) is 0 Å². The predicted octanol–water partition coefficient (Wildman–Crippen LogP) is 4.25. The molecule has 8 heteroatoms. The van der Waals surface area contributed by atoms with E-state index in [2.05, 4.69) is 0 Å². The molecule has 1 aromatic heterocycles. The van der Waals surface area contributed by atoms with Gasteiger partial charge in [0.1, 0.15) is 11.5 Å². The Labute approximate surface area is 164 Å². The lowest BCUT2D eigenvalue weighted by atomic mass is 10.1. The number of amides is 1. The number of methoxy groups -OCH3 is 1. The summed E-state index contributed by atoms with van der Waals surface area (Å²) in [6.45, 7) is 1.74. The van der Waals surface area contributed by atoms with Crippen LogP contribution in [0.15, 0.2) is 30.3 Å². The molecule has 0 aliphatic rings. The number of carboxylic acid groups (broad SMARTS) is 1. The van der Waals surface area contributed by atoms with Gasteiger partial charge < -0.3 is 20.3 Å². The number of primary amides is 1. The minimum Gasteiger partial charge on any atom is -0.493 e. The van der Waals surface area contributed by atoms with Crippen molar-refractivity contribution in [2.24, 2.45) is 5.73 Å². The molecule has 27 heavy (non-hydrogen) atoms. The zero-order valence-corrected chi connectivity index (χ0v) is 16.1. The molecular formula is C19H16ClNO5S. The first kappa shape index (κ1) is 19.0. The average Bonchev–Trinajstić information content (AvgIpc) is 3.00. The number of thiophene rings is 1. The van der Waals surface area contributed by atoms with Crippen molar-refractivity contribution in [3.05, 3.63) is 56.9 Å². The van der Waals surface area contributed by atoms with Gasteiger partial charge in [0.05, 0.1) is 7.11 Å². The van der Waals surface area contributed by atoms with Crippen LogP contribution in [0.2, 0.25) is 5.02 Å². The third-order valence-corrected chi connectivity index (χ3v) is 5.56. The fourth-order valence-corrected chi connectivity index (χ4v) is 4.26. The largest absolute Gasteiger partial charge is 0.493 e. The zero-order valence-electron chi connectivity index (χ0n) is 14.5. The van der Waals surface area contributed by atoms with Crippen LogP contribution in [0, 0.1) is 6.92 Å². The standard InChI is InChI=1S/C19H16ClNO5S/c1-9-6-10(18(21)22)7-13(25-2)16(9)26-8-11-15-12(20)4-3-5-14(15)27-17(11)19(23)24/h3-7H,8H2,1-2H3,(H2,21,22)(H,23,24). The van der Waals surface area contributed by atoms with Gasteiger partial charge in [-0.1, -0.05) is 17.7 Å². The van der Waals surface area contributed by atoms with E-state index >= 15 is 0 Å². The van der Waals surface area contributed by atoms with Gasteiger partial charge in [0.15, 0.2) is 11.5 Å². The van der Waals surface area contributed by atoms with E-state index in [0.29, 0.717) is 38.6 Å². The van der Waals surface area contributed by atoms with Crippen LogP contribution in [0.1, 0.15) is 31.2 Å². The summed E-state index contributed by atoms with van der Waals surface area (Å²) in [5.74, 6) is -0.873. The number of nitrogens with two attached hydrogens (primary N) is 1. The smallest absolute Gasteiger partial charge is 0.346 e. The molecule has 0 saturated heterocycles. The molecule has 0 aliphatic heterocycles. The number of halogens is 1. The van der Waals surface area contributed by atoms with Crippen LogP contribution in [0.4, 0.5) is 0 Å². The topological polar surface area (TPSA) is 98.9 Å². The van der Waals surface area contributed by atoms with E-state index in [9.17, 15) is 14.7 Å². The summed E-state index contributed by atoms with van der Waals surface area (Å²) in [7, 11) is 1.45. The predicted molar refractivity (Wildman–Crippen MR) is 104 cm³/mol. The number of rotatable bonds is 6. The molecule has 0 unspecified atom stereocenters. The van der Waals surface area contributed by atoms with Gasteiger partial charge in [-0.2, -0.15) is 0 Å². The van der Waals surface area contributed by atoms with Gasteiger partial charge in [-0.3, -0.25) is 4.79 Å². The number of carbonyl (C=O) groups excluding carboxylic acids is 1. The number of benzene rings is 2. The molecule has 0 saturated carbocycles. The van der Waals surface area contributed by atoms with Crippen molar-refractivity contribution in [1.29, 1.82) is 0 Å². The highest BCUT2D eigenvalue weighted by atomic mass is 35.5. The van der Waals surface area contributed by atoms with Crippen molar-refractivity contribution in [2.75, 3.05) is 7.11 Å². The third kappa shape index (κ3) is 3.56. The maximum atomic E-state index is 11.7. The Bertz CT molecular complexity index is 1060. The quantitative estimate of drug-likeness (QED) is 0.638. The summed E-state index contributed by atoms with van der Waals surface area (Å²) < 4.78 is 12.0. The summed E-state index contributed by atoms with van der Waals surface area (Å²) in [5, 5.41) is 10.7. The van der Waals surface area contributed by atoms with Gasteiger partial charge in [-0.15, -0.1) is 11.3 Å². The van der Waals surface area contributed by atoms with Crippen molar-refractivity contribution < 1.29 is 24.2 Å². The van der Waals surface area contributed by atoms with Crippen LogP contribution >= 0.6 is 22.9 Å². The van der Waals surface area contributed by atoms with E-state index in [4.69, 9.17) is 26.8 Å². The van der Waals surface area contributed by atoms with Gasteiger partial charge in [-0.25, -0.2) is 4.79 Å². The Morgan fingerprint density at radius 3 is 2.67 bits per heavy atom. The molecule has 3 rings (SSSR count). The van der Waals surface area contributed by atoms with Gasteiger partial charge in [0.25, 0.3) is 0 Å². The van der Waals surface area contributed by atoms with Crippen molar-refractivity contribution in [1.82, 2.24) is 0 Å². The Morgan fingerprint density at radius 1 is 1.30 bits per heavy atom. The van der Waals surface area contributed by atoms with E-state index < -0.39 is 11.9 Å². The number of hydrogen-bond acceptors (Lipinski definition) is 5. The van der Waals surface area contributed by atoms with E-state index in [0.717, 1.165) is 16.0 Å². The average molecular weight is 406 g/mol. The van der Waals surface area contributed by atoms with E-state index in [1.807, 2.05) is 6.07 Å². The second-order valence-corrected chi connectivity index (χ2v) is 7.26. The van der Waals surface area contributed by atoms with Crippen molar-refractivity contribution in [3.63, 3.8) is 0 Å². The highest BCUT2D eigenvalue weighted by Gasteiger charge is 2.21. The third-order valence-electron chi connectivity index (χ3n) is 4.06. The molecule has 2 aromatic carbocycles. The summed E-state index contributed by atoms with van der Waals surface area (Å²) in [5.41, 5.74) is 6.76. The number of ether oxygens (including phenoxy) is 2. The fourth-order valence-electron chi connectivity index (χ4n) is 2.84. The van der Waals surface area contributed by atoms with E-state index in [-0.39, 0.29) is 11.5 Å². The van der Waals surface area contributed by atoms with Crippen LogP contribution in [0.25, 0.3) is 10.1 Å². The van der Waals surface area contributed by atoms with Crippen LogP contribution in [-0.4, -0.2) is 24.1 Å². The lowest BCUT2D eigenvalue weighted by molar-refractivity contribution is 0.0699. The molecule has 3 N–H and O–H groups in total. The molecule has 0 spiro atoms. The molecule has 0 atom stereocenters. The van der Waals surface area contributed by atoms with Crippen molar-refractivity contribution in [3.8, 4) is 11.5 Å². The lowest BCUT2D eigenvalue weighted by Gasteiger charge is -2.15. The molecule has 0 radical (unpaired) electrons. The second kappa shape index (κ2) is 7.46. The van der Waals surface area contributed by atoms with Crippen LogP contribution in [0.5, 0.6) is 11.5 Å². The molecule has 140 valence electrons. The van der Waals surface area contributed by atoms with Gasteiger partial charge in [0.2, 0.25) is 5.91 Å². The summed E-state index contributed by atoms with van der Waals surface area (Å²) in [6.07, 6.45) is 0. The van der Waals surface area contributed by atoms with E-state index in [1.54, 1.807) is 25.1 Å². The number of carbonyl (C=O) groups is 2. The molecular weight excluding hydrogens is 390 g/mol. The van der Waals surface area contributed by atoms with Crippen molar-refractivity contribution in [2.45, 2.75) is 13.5 Å². The molecule has 1 heterocycles. The Kier molecular flexibility index (Phi) is 5.25. The zero-order chi connectivity index (χ0) is 19.7. The molecule has 3 aromatic rings. The Balaban J connectivity index is 2.04. The molecule has 1 amide bonds. The molecule has 0 aliphatic carbocycles. The van der Waals surface area contributed by atoms with Gasteiger partial charge in [-0.05, 0) is 36.8 Å². The van der Waals surface area contributed by atoms with Crippen LogP contribution < -0.4 is 15.2 Å². The number of aromatic carboxylic acids is 1. The molecule has 0 bridgehead atoms. The maximum absolute atomic E-state index is 11.7. The fraction of sp³-hybridized carbons (Fsp3) is 0.158. The van der Waals surface area contributed by atoms with Crippen molar-refractivity contribution >= 4 is 44.9 Å². The second-order valence-electron chi connectivity index (χ2n) is 5.81. The van der Waals surface area contributed by atoms with E-state index in [1.165, 1.54) is 13.2 Å². The van der Waals surface area contributed by atoms with Gasteiger partial charge in [0, 0.05) is 26.2 Å². The molecule has 0 fully saturated rings. The summed E-state index contributed by atoms with van der Waals surface area (Å²) >= 11 is 7.43. The number of fused-ring (bicyclic) bond motifs is 1. The minimum atomic E-state index is -1.04. The number of carboxylic acids is 1. The monoisotopic (exact) mass is 405 g/mol. The highest BCUT2D eigenvalue weighted by Crippen LogP contribution is 2.38. The lowest BCUT2D eigenvalue weighted by Crippen LogP contribution is -2.12. The first-order valence-corrected chi connectivity index (χ1v) is 9.07. The summed E-state index contributed by atoms with van der Waals surface area (Å²) in [4.78, 5) is 23.3. The highest BCUT2D eigenvalue weighted by molar-refractivity contribution is 7.21. The van der Waals surface area contributed by atoms with Crippen LogP contribution in [-0.2, 0) is 6.61 Å². The summed E-state index contributed by atoms with van der Waals surface area (Å²) in [6, 6.07) is 8.38. The minimum absolute atomic E-state index is 0.0154. The maximum Gasteiger partial charge on any atom is 0.346 e. The first-order valence-electron chi connectivity index (χ1n) is 7.88. The SMILES string of the molecule is COc1cc(C(N)=O)cc(C)c1OCc1c(C(=O)O)sc2cccc(Cl)c12. The van der Waals surface area contributed by atoms with Gasteiger partial charge >= 0.3 is 5.97 Å². The Hall–Kier alpha value is -2.77. The Morgan fingerprint density at radius 2 is 2.04 bits per heavy atom. The normalized spacial score (nSPS) is 10.8. The number of aryl methyl sites for hydroxylation is 1.